The monoisotopic (exact) mass is 170 g/mol. The third-order valence-electron chi connectivity index (χ3n) is 1.46. The van der Waals surface area contributed by atoms with Gasteiger partial charge in [0.2, 0.25) is 0 Å². The summed E-state index contributed by atoms with van der Waals surface area (Å²) in [7, 11) is 0. The molecule has 1 amide bonds. The molecule has 2 heterocycles. The topological polar surface area (TPSA) is 51.2 Å². The van der Waals surface area contributed by atoms with Gasteiger partial charge in [-0.2, -0.15) is 0 Å². The van der Waals surface area contributed by atoms with Crippen LogP contribution < -0.4 is 5.32 Å². The predicted octanol–water partition coefficient (Wildman–Crippen LogP) is 0.924. The zero-order valence-electron chi connectivity index (χ0n) is 5.61. The Bertz CT molecular complexity index is 260. The third kappa shape index (κ3) is 1.19. The number of carbonyl (C=O) groups is 1. The van der Waals surface area contributed by atoms with Crippen LogP contribution in [0.2, 0.25) is 0 Å². The quantitative estimate of drug-likeness (QED) is 0.682. The highest BCUT2D eigenvalue weighted by Crippen LogP contribution is 2.19. The second kappa shape index (κ2) is 2.50. The Kier molecular flexibility index (Phi) is 1.50. The molecule has 0 aliphatic carbocycles. The number of alkyl carbamates (subject to hydrolysis) is 1. The highest BCUT2D eigenvalue weighted by molar-refractivity contribution is 7.07. The number of cyclic esters (lactones) is 1. The fourth-order valence-corrected chi connectivity index (χ4v) is 1.53. The Morgan fingerprint density at radius 1 is 1.82 bits per heavy atom. The van der Waals surface area contributed by atoms with Crippen LogP contribution in [-0.2, 0) is 4.74 Å². The molecule has 1 unspecified atom stereocenters. The van der Waals surface area contributed by atoms with Gasteiger partial charge in [0, 0.05) is 5.38 Å². The lowest BCUT2D eigenvalue weighted by Crippen LogP contribution is -2.12. The van der Waals surface area contributed by atoms with E-state index >= 15 is 0 Å². The van der Waals surface area contributed by atoms with Crippen molar-refractivity contribution in [1.29, 1.82) is 0 Å². The zero-order valence-corrected chi connectivity index (χ0v) is 6.43. The van der Waals surface area contributed by atoms with Gasteiger partial charge in [-0.15, -0.1) is 11.3 Å². The summed E-state index contributed by atoms with van der Waals surface area (Å²) in [5.74, 6) is 0. The van der Waals surface area contributed by atoms with Gasteiger partial charge in [0.05, 0.1) is 17.7 Å². The molecule has 1 atom stereocenters. The van der Waals surface area contributed by atoms with E-state index in [1.54, 1.807) is 5.51 Å². The van der Waals surface area contributed by atoms with E-state index in [0.29, 0.717) is 6.54 Å². The van der Waals surface area contributed by atoms with Crippen LogP contribution in [0.4, 0.5) is 4.79 Å². The second-order valence-corrected chi connectivity index (χ2v) is 2.91. The molecule has 1 aromatic heterocycles. The van der Waals surface area contributed by atoms with Crippen LogP contribution in [0.3, 0.4) is 0 Å². The molecule has 5 heteroatoms. The Morgan fingerprint density at radius 3 is 3.27 bits per heavy atom. The Hall–Kier alpha value is -1.10. The van der Waals surface area contributed by atoms with Crippen LogP contribution in [0.5, 0.6) is 0 Å². The first-order valence-electron chi connectivity index (χ1n) is 3.19. The van der Waals surface area contributed by atoms with Crippen molar-refractivity contribution in [3.63, 3.8) is 0 Å². The molecule has 0 spiro atoms. The van der Waals surface area contributed by atoms with Crippen LogP contribution in [-0.4, -0.2) is 17.6 Å². The van der Waals surface area contributed by atoms with Gasteiger partial charge in [-0.25, -0.2) is 9.78 Å². The molecule has 58 valence electrons. The lowest BCUT2D eigenvalue weighted by molar-refractivity contribution is 0.139. The van der Waals surface area contributed by atoms with Crippen molar-refractivity contribution < 1.29 is 9.53 Å². The van der Waals surface area contributed by atoms with E-state index in [2.05, 4.69) is 10.3 Å². The van der Waals surface area contributed by atoms with E-state index in [0.717, 1.165) is 5.69 Å². The highest BCUT2D eigenvalue weighted by atomic mass is 32.1. The first-order chi connectivity index (χ1) is 5.36. The average molecular weight is 170 g/mol. The highest BCUT2D eigenvalue weighted by Gasteiger charge is 2.25. The van der Waals surface area contributed by atoms with Gasteiger partial charge >= 0.3 is 6.09 Å². The molecule has 4 nitrogen and oxygen atoms in total. The average Bonchev–Trinajstić information content (AvgIpc) is 2.55. The fraction of sp³-hybridized carbons (Fsp3) is 0.333. The number of carbonyl (C=O) groups excluding carboxylic acids is 1. The number of ether oxygens (including phenoxy) is 1. The number of nitrogens with one attached hydrogen (secondary N) is 1. The maximum atomic E-state index is 10.6. The Balaban J connectivity index is 2.13. The molecule has 0 aromatic carbocycles. The van der Waals surface area contributed by atoms with Gasteiger partial charge in [0.25, 0.3) is 0 Å². The molecule has 0 radical (unpaired) electrons. The number of amides is 1. The SMILES string of the molecule is O=C1NCC(c2cscn2)O1. The van der Waals surface area contributed by atoms with Gasteiger partial charge in [0.15, 0.2) is 6.10 Å². The Morgan fingerprint density at radius 2 is 2.73 bits per heavy atom. The van der Waals surface area contributed by atoms with Crippen LogP contribution in [0.1, 0.15) is 11.8 Å². The summed E-state index contributed by atoms with van der Waals surface area (Å²) in [4.78, 5) is 14.6. The molecular formula is C6H6N2O2S. The standard InChI is InChI=1S/C6H6N2O2S/c9-6-7-1-5(10-6)4-2-11-3-8-4/h2-3,5H,1H2,(H,7,9). The molecule has 0 bridgehead atoms. The molecule has 2 rings (SSSR count). The maximum Gasteiger partial charge on any atom is 0.408 e. The number of aromatic nitrogens is 1. The third-order valence-corrected chi connectivity index (χ3v) is 2.07. The molecule has 1 saturated heterocycles. The molecule has 1 N–H and O–H groups in total. The maximum absolute atomic E-state index is 10.6. The van der Waals surface area contributed by atoms with Crippen LogP contribution in [0.25, 0.3) is 0 Å². The second-order valence-electron chi connectivity index (χ2n) is 2.19. The lowest BCUT2D eigenvalue weighted by Gasteiger charge is -2.01. The molecular weight excluding hydrogens is 164 g/mol. The van der Waals surface area contributed by atoms with Gasteiger partial charge in [-0.1, -0.05) is 0 Å². The number of nitrogens with zero attached hydrogens (tertiary/aromatic N) is 1. The summed E-state index contributed by atoms with van der Waals surface area (Å²) in [6.45, 7) is 0.530. The normalized spacial score (nSPS) is 22.9. The van der Waals surface area contributed by atoms with E-state index in [-0.39, 0.29) is 12.2 Å². The smallest absolute Gasteiger partial charge is 0.408 e. The van der Waals surface area contributed by atoms with Gasteiger partial charge in [0.1, 0.15) is 0 Å². The van der Waals surface area contributed by atoms with Gasteiger partial charge < -0.3 is 10.1 Å². The lowest BCUT2D eigenvalue weighted by atomic mass is 10.3. The van der Waals surface area contributed by atoms with Crippen LogP contribution in [0.15, 0.2) is 10.9 Å². The van der Waals surface area contributed by atoms with Crippen molar-refractivity contribution >= 4 is 17.4 Å². The van der Waals surface area contributed by atoms with Gasteiger partial charge in [-0.3, -0.25) is 0 Å². The molecule has 11 heavy (non-hydrogen) atoms. The van der Waals surface area contributed by atoms with E-state index in [1.807, 2.05) is 5.38 Å². The zero-order chi connectivity index (χ0) is 7.68. The van der Waals surface area contributed by atoms with Crippen molar-refractivity contribution in [2.24, 2.45) is 0 Å². The fourth-order valence-electron chi connectivity index (χ4n) is 0.934. The molecule has 0 saturated carbocycles. The number of rotatable bonds is 1. The molecule has 1 aliphatic heterocycles. The van der Waals surface area contributed by atoms with Crippen molar-refractivity contribution in [3.8, 4) is 0 Å². The van der Waals surface area contributed by atoms with E-state index < -0.39 is 0 Å². The molecule has 1 aromatic rings. The summed E-state index contributed by atoms with van der Waals surface area (Å²) in [5, 5.41) is 4.44. The largest absolute Gasteiger partial charge is 0.438 e. The van der Waals surface area contributed by atoms with Crippen molar-refractivity contribution in [2.45, 2.75) is 6.10 Å². The first-order valence-corrected chi connectivity index (χ1v) is 4.13. The van der Waals surface area contributed by atoms with Crippen LogP contribution >= 0.6 is 11.3 Å². The predicted molar refractivity (Wildman–Crippen MR) is 39.3 cm³/mol. The number of hydrogen-bond acceptors (Lipinski definition) is 4. The van der Waals surface area contributed by atoms with E-state index in [4.69, 9.17) is 4.74 Å². The first kappa shape index (κ1) is 6.60. The van der Waals surface area contributed by atoms with E-state index in [1.165, 1.54) is 11.3 Å². The number of thiazole rings is 1. The Labute approximate surface area is 67.2 Å². The van der Waals surface area contributed by atoms with Crippen molar-refractivity contribution in [1.82, 2.24) is 10.3 Å². The summed E-state index contributed by atoms with van der Waals surface area (Å²) >= 11 is 1.50. The minimum absolute atomic E-state index is 0.186. The van der Waals surface area contributed by atoms with E-state index in [9.17, 15) is 4.79 Å². The summed E-state index contributed by atoms with van der Waals surface area (Å²) in [6.07, 6.45) is -0.545. The van der Waals surface area contributed by atoms with Crippen LogP contribution in [0, 0.1) is 0 Å². The summed E-state index contributed by atoms with van der Waals surface area (Å²) in [6, 6.07) is 0. The van der Waals surface area contributed by atoms with Crippen molar-refractivity contribution in [2.75, 3.05) is 6.54 Å². The summed E-state index contributed by atoms with van der Waals surface area (Å²) < 4.78 is 4.90. The minimum atomic E-state index is -0.358. The molecule has 1 fully saturated rings. The van der Waals surface area contributed by atoms with Gasteiger partial charge in [-0.05, 0) is 0 Å². The minimum Gasteiger partial charge on any atom is -0.438 e. The summed E-state index contributed by atoms with van der Waals surface area (Å²) in [5.41, 5.74) is 2.55. The number of hydrogen-bond donors (Lipinski definition) is 1. The molecule has 1 aliphatic rings. The van der Waals surface area contributed by atoms with Crippen molar-refractivity contribution in [3.05, 3.63) is 16.6 Å².